The molecule has 7 nitrogen and oxygen atoms in total. The van der Waals surface area contributed by atoms with Crippen LogP contribution in [0.2, 0.25) is 0 Å². The van der Waals surface area contributed by atoms with Crippen molar-refractivity contribution in [2.45, 2.75) is 73.0 Å². The molecule has 35 heavy (non-hydrogen) atoms. The van der Waals surface area contributed by atoms with E-state index in [1.807, 2.05) is 77.1 Å². The fourth-order valence-electron chi connectivity index (χ4n) is 4.06. The summed E-state index contributed by atoms with van der Waals surface area (Å²) in [5.74, 6) is -0.400. The summed E-state index contributed by atoms with van der Waals surface area (Å²) in [5, 5.41) is 2.88. The number of nitrogens with zero attached hydrogens (tertiary/aromatic N) is 2. The van der Waals surface area contributed by atoms with Crippen molar-refractivity contribution in [2.75, 3.05) is 17.1 Å². The molecule has 0 saturated heterocycles. The summed E-state index contributed by atoms with van der Waals surface area (Å²) < 4.78 is 26.4. The number of carbonyl (C=O) groups is 2. The van der Waals surface area contributed by atoms with Crippen molar-refractivity contribution in [1.29, 1.82) is 0 Å². The summed E-state index contributed by atoms with van der Waals surface area (Å²) in [7, 11) is -3.52. The zero-order chi connectivity index (χ0) is 26.3. The van der Waals surface area contributed by atoms with Crippen LogP contribution in [0.15, 0.2) is 42.5 Å². The summed E-state index contributed by atoms with van der Waals surface area (Å²) in [6.07, 6.45) is 1.64. The highest BCUT2D eigenvalue weighted by Gasteiger charge is 2.27. The lowest BCUT2D eigenvalue weighted by molar-refractivity contribution is -0.140. The largest absolute Gasteiger partial charge is 0.352 e. The summed E-state index contributed by atoms with van der Waals surface area (Å²) >= 11 is 0. The van der Waals surface area contributed by atoms with E-state index >= 15 is 0 Å². The average Bonchev–Trinajstić information content (AvgIpc) is 2.73. The van der Waals surface area contributed by atoms with Crippen LogP contribution in [-0.4, -0.2) is 50.0 Å². The number of sulfonamides is 1. The molecule has 0 aromatic heterocycles. The second kappa shape index (κ2) is 12.2. The van der Waals surface area contributed by atoms with Crippen LogP contribution in [0.4, 0.5) is 5.69 Å². The molecule has 0 saturated carbocycles. The van der Waals surface area contributed by atoms with Crippen molar-refractivity contribution in [2.24, 2.45) is 0 Å². The summed E-state index contributed by atoms with van der Waals surface area (Å²) in [6, 6.07) is 12.7. The number of hydrogen-bond acceptors (Lipinski definition) is 4. The molecule has 0 spiro atoms. The molecule has 0 bridgehead atoms. The Morgan fingerprint density at radius 2 is 1.57 bits per heavy atom. The Balaban J connectivity index is 2.21. The van der Waals surface area contributed by atoms with Gasteiger partial charge in [-0.25, -0.2) is 8.42 Å². The molecular formula is C27H39N3O4S. The number of rotatable bonds is 11. The van der Waals surface area contributed by atoms with Crippen LogP contribution in [0.5, 0.6) is 0 Å². The molecule has 0 aliphatic heterocycles. The second-order valence-electron chi connectivity index (χ2n) is 9.57. The maximum atomic E-state index is 13.3. The third kappa shape index (κ3) is 8.38. The van der Waals surface area contributed by atoms with E-state index in [0.717, 1.165) is 22.3 Å². The van der Waals surface area contributed by atoms with Gasteiger partial charge in [0.25, 0.3) is 0 Å². The van der Waals surface area contributed by atoms with Crippen LogP contribution < -0.4 is 9.62 Å². The second-order valence-corrected chi connectivity index (χ2v) is 11.5. The fraction of sp³-hybridized carbons (Fsp3) is 0.481. The van der Waals surface area contributed by atoms with Gasteiger partial charge in [-0.3, -0.25) is 13.9 Å². The molecule has 2 aromatic rings. The molecule has 1 N–H and O–H groups in total. The fourth-order valence-corrected chi connectivity index (χ4v) is 5.01. The van der Waals surface area contributed by atoms with Gasteiger partial charge in [-0.05, 0) is 82.3 Å². The zero-order valence-corrected chi connectivity index (χ0v) is 22.8. The number of benzene rings is 2. The predicted molar refractivity (Wildman–Crippen MR) is 142 cm³/mol. The van der Waals surface area contributed by atoms with E-state index in [9.17, 15) is 18.0 Å². The van der Waals surface area contributed by atoms with Crippen LogP contribution >= 0.6 is 0 Å². The molecular weight excluding hydrogens is 462 g/mol. The van der Waals surface area contributed by atoms with Gasteiger partial charge in [-0.1, -0.05) is 30.3 Å². The Morgan fingerprint density at radius 1 is 0.971 bits per heavy atom. The minimum atomic E-state index is -3.52. The lowest BCUT2D eigenvalue weighted by Gasteiger charge is -2.30. The first-order valence-electron chi connectivity index (χ1n) is 12.0. The Morgan fingerprint density at radius 3 is 2.11 bits per heavy atom. The van der Waals surface area contributed by atoms with Gasteiger partial charge in [0, 0.05) is 25.6 Å². The highest BCUT2D eigenvalue weighted by molar-refractivity contribution is 7.92. The van der Waals surface area contributed by atoms with E-state index in [4.69, 9.17) is 0 Å². The Labute approximate surface area is 210 Å². The Hall–Kier alpha value is -2.87. The molecule has 1 atom stereocenters. The summed E-state index contributed by atoms with van der Waals surface area (Å²) in [6.45, 7) is 11.8. The third-order valence-corrected chi connectivity index (χ3v) is 7.04. The summed E-state index contributed by atoms with van der Waals surface area (Å²) in [4.78, 5) is 27.7. The van der Waals surface area contributed by atoms with E-state index in [2.05, 4.69) is 5.32 Å². The number of hydrogen-bond donors (Lipinski definition) is 1. The molecule has 2 rings (SSSR count). The van der Waals surface area contributed by atoms with Crippen LogP contribution in [0, 0.1) is 20.8 Å². The van der Waals surface area contributed by atoms with E-state index in [0.29, 0.717) is 18.7 Å². The zero-order valence-electron chi connectivity index (χ0n) is 22.0. The highest BCUT2D eigenvalue weighted by Crippen LogP contribution is 2.22. The molecule has 8 heteroatoms. The average molecular weight is 502 g/mol. The molecule has 2 aromatic carbocycles. The minimum Gasteiger partial charge on any atom is -0.352 e. The monoisotopic (exact) mass is 501 g/mol. The topological polar surface area (TPSA) is 86.8 Å². The molecule has 0 aliphatic carbocycles. The van der Waals surface area contributed by atoms with Crippen LogP contribution in [0.1, 0.15) is 55.9 Å². The number of nitrogens with one attached hydrogen (secondary N) is 1. The van der Waals surface area contributed by atoms with Gasteiger partial charge in [0.1, 0.15) is 6.04 Å². The molecule has 192 valence electrons. The van der Waals surface area contributed by atoms with E-state index in [1.54, 1.807) is 11.8 Å². The Bertz CT molecular complexity index is 1120. The smallest absolute Gasteiger partial charge is 0.242 e. The maximum absolute atomic E-state index is 13.3. The third-order valence-electron chi connectivity index (χ3n) is 5.85. The van der Waals surface area contributed by atoms with Gasteiger partial charge < -0.3 is 10.2 Å². The van der Waals surface area contributed by atoms with Crippen LogP contribution in [-0.2, 0) is 26.2 Å². The minimum absolute atomic E-state index is 0.0403. The van der Waals surface area contributed by atoms with Gasteiger partial charge in [0.2, 0.25) is 21.8 Å². The van der Waals surface area contributed by atoms with Crippen molar-refractivity contribution >= 4 is 27.5 Å². The number of aryl methyl sites for hydroxylation is 3. The first-order valence-corrected chi connectivity index (χ1v) is 13.8. The maximum Gasteiger partial charge on any atom is 0.242 e. The normalized spacial score (nSPS) is 12.3. The Kier molecular flexibility index (Phi) is 9.89. The first-order chi connectivity index (χ1) is 16.3. The van der Waals surface area contributed by atoms with Gasteiger partial charge in [-0.2, -0.15) is 0 Å². The summed E-state index contributed by atoms with van der Waals surface area (Å²) in [5.41, 5.74) is 4.55. The molecule has 2 amide bonds. The standard InChI is InChI=1S/C27H39N3O4S/c1-19(2)28-27(32)23(6)29(18-24-12-9-8-11-22(24)5)26(31)13-10-14-30(35(7,33)34)25-16-20(3)15-21(4)17-25/h8-9,11-12,15-17,19,23H,10,13-14,18H2,1-7H3,(H,28,32)/t23-/m1/s1. The molecule has 0 heterocycles. The lowest BCUT2D eigenvalue weighted by Crippen LogP contribution is -2.49. The van der Waals surface area contributed by atoms with Crippen molar-refractivity contribution in [3.8, 4) is 0 Å². The quantitative estimate of drug-likeness (QED) is 0.502. The molecule has 0 fully saturated rings. The van der Waals surface area contributed by atoms with Gasteiger partial charge in [0.05, 0.1) is 11.9 Å². The first kappa shape index (κ1) is 28.4. The van der Waals surface area contributed by atoms with Gasteiger partial charge >= 0.3 is 0 Å². The predicted octanol–water partition coefficient (Wildman–Crippen LogP) is 4.10. The molecule has 0 aliphatic rings. The number of anilines is 1. The van der Waals surface area contributed by atoms with Gasteiger partial charge in [0.15, 0.2) is 0 Å². The lowest BCUT2D eigenvalue weighted by atomic mass is 10.1. The van der Waals surface area contributed by atoms with E-state index < -0.39 is 16.1 Å². The van der Waals surface area contributed by atoms with Crippen LogP contribution in [0.25, 0.3) is 0 Å². The molecule has 0 unspecified atom stereocenters. The SMILES string of the molecule is Cc1cc(C)cc(N(CCCC(=O)N(Cc2ccccc2C)[C@H](C)C(=O)NC(C)C)S(C)(=O)=O)c1. The molecule has 0 radical (unpaired) electrons. The van der Waals surface area contributed by atoms with E-state index in [-0.39, 0.29) is 30.8 Å². The van der Waals surface area contributed by atoms with Crippen molar-refractivity contribution in [3.63, 3.8) is 0 Å². The van der Waals surface area contributed by atoms with Crippen LogP contribution in [0.3, 0.4) is 0 Å². The van der Waals surface area contributed by atoms with Crippen molar-refractivity contribution in [3.05, 3.63) is 64.7 Å². The highest BCUT2D eigenvalue weighted by atomic mass is 32.2. The van der Waals surface area contributed by atoms with E-state index in [1.165, 1.54) is 10.6 Å². The van der Waals surface area contributed by atoms with Crippen molar-refractivity contribution in [1.82, 2.24) is 10.2 Å². The number of amides is 2. The van der Waals surface area contributed by atoms with Crippen molar-refractivity contribution < 1.29 is 18.0 Å². The van der Waals surface area contributed by atoms with Gasteiger partial charge in [-0.15, -0.1) is 0 Å². The number of carbonyl (C=O) groups excluding carboxylic acids is 2.